The van der Waals surface area contributed by atoms with E-state index in [0.29, 0.717) is 11.5 Å². The van der Waals surface area contributed by atoms with Crippen LogP contribution in [0.3, 0.4) is 0 Å². The lowest BCUT2D eigenvalue weighted by atomic mass is 9.76. The quantitative estimate of drug-likeness (QED) is 0.717. The van der Waals surface area contributed by atoms with Crippen molar-refractivity contribution >= 4 is 11.3 Å². The van der Waals surface area contributed by atoms with Gasteiger partial charge >= 0.3 is 0 Å². The maximum absolute atomic E-state index is 5.72. The zero-order valence-corrected chi connectivity index (χ0v) is 13.6. The van der Waals surface area contributed by atoms with Gasteiger partial charge in [0.25, 0.3) is 0 Å². The van der Waals surface area contributed by atoms with Gasteiger partial charge in [0.05, 0.1) is 6.04 Å². The average Bonchev–Trinajstić information content (AvgIpc) is 2.85. The van der Waals surface area contributed by atoms with Crippen molar-refractivity contribution in [2.75, 3.05) is 13.1 Å². The van der Waals surface area contributed by atoms with Crippen molar-refractivity contribution in [2.24, 2.45) is 17.1 Å². The fraction of sp³-hybridized carbons (Fsp3) is 0.800. The molecule has 0 saturated carbocycles. The Morgan fingerprint density at radius 2 is 2.11 bits per heavy atom. The molecule has 0 aromatic carbocycles. The summed E-state index contributed by atoms with van der Waals surface area (Å²) in [4.78, 5) is 4.34. The average molecular weight is 283 g/mol. The number of aromatic nitrogens is 1. The number of nitrogens with zero attached hydrogens (tertiary/aromatic N) is 1. The summed E-state index contributed by atoms with van der Waals surface area (Å²) in [6, 6.07) is 0.364. The Kier molecular flexibility index (Phi) is 6.97. The molecule has 3 N–H and O–H groups in total. The number of hydrogen-bond acceptors (Lipinski definition) is 4. The van der Waals surface area contributed by atoms with Crippen LogP contribution in [0, 0.1) is 11.3 Å². The SMILES string of the molecule is CC(NCCCC(CCN)C(C)(C)C)c1nccs1. The highest BCUT2D eigenvalue weighted by Crippen LogP contribution is 2.31. The fourth-order valence-corrected chi connectivity index (χ4v) is 3.08. The van der Waals surface area contributed by atoms with Crippen molar-refractivity contribution in [3.05, 3.63) is 16.6 Å². The molecule has 0 aliphatic rings. The standard InChI is InChI=1S/C15H29N3S/c1-12(14-18-10-11-19-14)17-9-5-6-13(7-8-16)15(2,3)4/h10-13,17H,5-9,16H2,1-4H3. The second kappa shape index (κ2) is 7.98. The zero-order valence-electron chi connectivity index (χ0n) is 12.8. The van der Waals surface area contributed by atoms with E-state index in [1.165, 1.54) is 17.8 Å². The number of nitrogens with one attached hydrogen (secondary N) is 1. The minimum atomic E-state index is 0.361. The lowest BCUT2D eigenvalue weighted by Gasteiger charge is -2.30. The lowest BCUT2D eigenvalue weighted by molar-refractivity contribution is 0.210. The molecule has 0 aliphatic carbocycles. The largest absolute Gasteiger partial charge is 0.330 e. The fourth-order valence-electron chi connectivity index (χ4n) is 2.41. The van der Waals surface area contributed by atoms with Crippen molar-refractivity contribution in [1.82, 2.24) is 10.3 Å². The molecule has 19 heavy (non-hydrogen) atoms. The molecule has 0 saturated heterocycles. The molecule has 1 rings (SSSR count). The molecule has 0 bridgehead atoms. The third kappa shape index (κ3) is 6.02. The van der Waals surface area contributed by atoms with E-state index in [0.717, 1.165) is 25.4 Å². The van der Waals surface area contributed by atoms with Gasteiger partial charge in [-0.2, -0.15) is 0 Å². The van der Waals surface area contributed by atoms with Gasteiger partial charge in [0.2, 0.25) is 0 Å². The topological polar surface area (TPSA) is 50.9 Å². The summed E-state index contributed by atoms with van der Waals surface area (Å²) in [5.41, 5.74) is 6.08. The Balaban J connectivity index is 2.25. The van der Waals surface area contributed by atoms with E-state index >= 15 is 0 Å². The maximum Gasteiger partial charge on any atom is 0.109 e. The molecule has 0 radical (unpaired) electrons. The Hall–Kier alpha value is -0.450. The molecular formula is C15H29N3S. The Morgan fingerprint density at radius 1 is 1.37 bits per heavy atom. The summed E-state index contributed by atoms with van der Waals surface area (Å²) >= 11 is 1.72. The predicted octanol–water partition coefficient (Wildman–Crippen LogP) is 3.59. The second-order valence-corrected chi connectivity index (χ2v) is 7.25. The van der Waals surface area contributed by atoms with Crippen LogP contribution >= 0.6 is 11.3 Å². The molecule has 110 valence electrons. The monoisotopic (exact) mass is 283 g/mol. The smallest absolute Gasteiger partial charge is 0.109 e. The number of nitrogens with two attached hydrogens (primary N) is 1. The Labute approximate surface area is 122 Å². The van der Waals surface area contributed by atoms with E-state index in [1.54, 1.807) is 11.3 Å². The molecule has 1 aromatic heterocycles. The van der Waals surface area contributed by atoms with Gasteiger partial charge in [0.15, 0.2) is 0 Å². The third-order valence-electron chi connectivity index (χ3n) is 3.74. The first-order valence-corrected chi connectivity index (χ1v) is 8.16. The first-order valence-electron chi connectivity index (χ1n) is 7.28. The van der Waals surface area contributed by atoms with Crippen LogP contribution in [0.1, 0.15) is 58.0 Å². The Morgan fingerprint density at radius 3 is 2.63 bits per heavy atom. The van der Waals surface area contributed by atoms with Crippen molar-refractivity contribution < 1.29 is 0 Å². The van der Waals surface area contributed by atoms with Crippen LogP contribution in [-0.4, -0.2) is 18.1 Å². The van der Waals surface area contributed by atoms with Gasteiger partial charge in [0.1, 0.15) is 5.01 Å². The van der Waals surface area contributed by atoms with Crippen LogP contribution in [0.5, 0.6) is 0 Å². The highest BCUT2D eigenvalue weighted by Gasteiger charge is 2.23. The first kappa shape index (κ1) is 16.6. The Bertz CT molecular complexity index is 330. The minimum absolute atomic E-state index is 0.361. The van der Waals surface area contributed by atoms with Crippen LogP contribution in [0.2, 0.25) is 0 Å². The van der Waals surface area contributed by atoms with Gasteiger partial charge in [-0.25, -0.2) is 4.98 Å². The molecule has 0 spiro atoms. The van der Waals surface area contributed by atoms with E-state index in [1.807, 2.05) is 11.6 Å². The molecule has 4 heteroatoms. The predicted molar refractivity (Wildman–Crippen MR) is 84.4 cm³/mol. The number of rotatable bonds is 8. The molecule has 2 unspecified atom stereocenters. The van der Waals surface area contributed by atoms with Gasteiger partial charge in [-0.15, -0.1) is 11.3 Å². The molecule has 1 heterocycles. The van der Waals surface area contributed by atoms with Crippen molar-refractivity contribution in [1.29, 1.82) is 0 Å². The highest BCUT2D eigenvalue weighted by atomic mass is 32.1. The molecule has 2 atom stereocenters. The second-order valence-electron chi connectivity index (χ2n) is 6.33. The van der Waals surface area contributed by atoms with E-state index < -0.39 is 0 Å². The van der Waals surface area contributed by atoms with Gasteiger partial charge < -0.3 is 11.1 Å². The van der Waals surface area contributed by atoms with Crippen LogP contribution in [0.15, 0.2) is 11.6 Å². The van der Waals surface area contributed by atoms with E-state index in [4.69, 9.17) is 5.73 Å². The molecule has 0 fully saturated rings. The summed E-state index contributed by atoms with van der Waals surface area (Å²) < 4.78 is 0. The molecule has 0 amide bonds. The van der Waals surface area contributed by atoms with Crippen LogP contribution in [0.25, 0.3) is 0 Å². The first-order chi connectivity index (χ1) is 8.95. The van der Waals surface area contributed by atoms with Gasteiger partial charge in [-0.3, -0.25) is 0 Å². The summed E-state index contributed by atoms with van der Waals surface area (Å²) in [7, 11) is 0. The molecular weight excluding hydrogens is 254 g/mol. The van der Waals surface area contributed by atoms with Crippen molar-refractivity contribution in [3.63, 3.8) is 0 Å². The van der Waals surface area contributed by atoms with Crippen molar-refractivity contribution in [3.8, 4) is 0 Å². The van der Waals surface area contributed by atoms with E-state index in [-0.39, 0.29) is 0 Å². The molecule has 1 aromatic rings. The number of hydrogen-bond donors (Lipinski definition) is 2. The minimum Gasteiger partial charge on any atom is -0.330 e. The van der Waals surface area contributed by atoms with Crippen LogP contribution < -0.4 is 11.1 Å². The van der Waals surface area contributed by atoms with E-state index in [2.05, 4.69) is 38.0 Å². The van der Waals surface area contributed by atoms with Gasteiger partial charge in [0, 0.05) is 11.6 Å². The lowest BCUT2D eigenvalue weighted by Crippen LogP contribution is -2.25. The highest BCUT2D eigenvalue weighted by molar-refractivity contribution is 7.09. The van der Waals surface area contributed by atoms with Crippen LogP contribution in [0.4, 0.5) is 0 Å². The summed E-state index contributed by atoms with van der Waals surface area (Å²) in [6.45, 7) is 11.0. The summed E-state index contributed by atoms with van der Waals surface area (Å²) in [5.74, 6) is 0.717. The molecule has 3 nitrogen and oxygen atoms in total. The zero-order chi connectivity index (χ0) is 14.3. The summed E-state index contributed by atoms with van der Waals surface area (Å²) in [6.07, 6.45) is 5.45. The van der Waals surface area contributed by atoms with Gasteiger partial charge in [-0.05, 0) is 50.6 Å². The van der Waals surface area contributed by atoms with Crippen LogP contribution in [-0.2, 0) is 0 Å². The van der Waals surface area contributed by atoms with E-state index in [9.17, 15) is 0 Å². The van der Waals surface area contributed by atoms with Gasteiger partial charge in [-0.1, -0.05) is 20.8 Å². The molecule has 0 aliphatic heterocycles. The third-order valence-corrected chi connectivity index (χ3v) is 4.70. The number of thiazole rings is 1. The van der Waals surface area contributed by atoms with Crippen molar-refractivity contribution in [2.45, 2.75) is 53.0 Å². The maximum atomic E-state index is 5.72. The summed E-state index contributed by atoms with van der Waals surface area (Å²) in [5, 5.41) is 6.76. The normalized spacial score (nSPS) is 15.4.